The molecule has 2 aromatic rings. The van der Waals surface area contributed by atoms with Crippen LogP contribution in [0.25, 0.3) is 0 Å². The number of sulfone groups is 1. The van der Waals surface area contributed by atoms with Crippen LogP contribution >= 0.6 is 0 Å². The van der Waals surface area contributed by atoms with Crippen molar-refractivity contribution < 1.29 is 26.0 Å². The first-order valence-electron chi connectivity index (χ1n) is 10.7. The summed E-state index contributed by atoms with van der Waals surface area (Å²) in [5.41, 5.74) is 6.94. The van der Waals surface area contributed by atoms with Crippen LogP contribution in [0.15, 0.2) is 42.6 Å². The lowest BCUT2D eigenvalue weighted by atomic mass is 9.96. The number of halogens is 1. The molecule has 0 radical (unpaired) electrons. The number of nitrogens with two attached hydrogens (primary N) is 1. The summed E-state index contributed by atoms with van der Waals surface area (Å²) in [5, 5.41) is 0. The topological polar surface area (TPSA) is 123 Å². The van der Waals surface area contributed by atoms with Crippen molar-refractivity contribution in [3.63, 3.8) is 0 Å². The third-order valence-corrected chi connectivity index (χ3v) is 9.76. The van der Waals surface area contributed by atoms with E-state index in [0.717, 1.165) is 5.56 Å². The minimum absolute atomic E-state index is 0.0251. The van der Waals surface area contributed by atoms with E-state index in [1.807, 2.05) is 0 Å². The summed E-state index contributed by atoms with van der Waals surface area (Å²) in [6, 6.07) is 9.21. The van der Waals surface area contributed by atoms with E-state index >= 15 is 0 Å². The maximum absolute atomic E-state index is 14.5. The standard InChI is InChI=1S/C21H27FN4O5S2/c22-20-4-2-1-3-19(20)17-12-18(15-31-21-11-16(13-23)5-6-24-21)26(14-17)33(29,30)25-7-9-32(27,28)10-8-25/h1-6,11,17-18H,7-10,12-15,23H2/t17-,18-/m1/s1. The third-order valence-electron chi connectivity index (χ3n) is 6.09. The Morgan fingerprint density at radius 1 is 1.18 bits per heavy atom. The number of rotatable bonds is 7. The lowest BCUT2D eigenvalue weighted by Gasteiger charge is -2.32. The van der Waals surface area contributed by atoms with Crippen LogP contribution in [-0.4, -0.2) is 74.2 Å². The van der Waals surface area contributed by atoms with E-state index in [-0.39, 0.29) is 49.5 Å². The molecule has 2 aliphatic rings. The molecular formula is C21H27FN4O5S2. The molecule has 3 heterocycles. The second-order valence-electron chi connectivity index (χ2n) is 8.25. The number of pyridine rings is 1. The average Bonchev–Trinajstić information content (AvgIpc) is 3.23. The van der Waals surface area contributed by atoms with E-state index in [2.05, 4.69) is 4.98 Å². The molecule has 0 amide bonds. The summed E-state index contributed by atoms with van der Waals surface area (Å²) in [6.07, 6.45) is 1.93. The van der Waals surface area contributed by atoms with Gasteiger partial charge in [-0.1, -0.05) is 18.2 Å². The highest BCUT2D eigenvalue weighted by Gasteiger charge is 2.44. The molecule has 0 unspecified atom stereocenters. The summed E-state index contributed by atoms with van der Waals surface area (Å²) in [6.45, 7) is 0.225. The van der Waals surface area contributed by atoms with Crippen LogP contribution in [-0.2, 0) is 26.6 Å². The molecule has 4 rings (SSSR count). The van der Waals surface area contributed by atoms with Gasteiger partial charge >= 0.3 is 0 Å². The Morgan fingerprint density at radius 3 is 2.61 bits per heavy atom. The van der Waals surface area contributed by atoms with Gasteiger partial charge in [-0.15, -0.1) is 0 Å². The Kier molecular flexibility index (Phi) is 7.01. The first-order chi connectivity index (χ1) is 15.7. The molecule has 0 bridgehead atoms. The number of benzene rings is 1. The van der Waals surface area contributed by atoms with Crippen molar-refractivity contribution in [2.75, 3.05) is 37.7 Å². The van der Waals surface area contributed by atoms with E-state index in [4.69, 9.17) is 10.5 Å². The third kappa shape index (κ3) is 5.35. The van der Waals surface area contributed by atoms with E-state index < -0.39 is 26.1 Å². The van der Waals surface area contributed by atoms with Crippen molar-refractivity contribution in [2.24, 2.45) is 5.73 Å². The maximum atomic E-state index is 14.5. The Bertz CT molecular complexity index is 1190. The van der Waals surface area contributed by atoms with Gasteiger partial charge in [-0.3, -0.25) is 0 Å². The second-order valence-corrected chi connectivity index (χ2v) is 12.4. The zero-order chi connectivity index (χ0) is 23.6. The predicted octanol–water partition coefficient (Wildman–Crippen LogP) is 0.892. The predicted molar refractivity (Wildman–Crippen MR) is 121 cm³/mol. The minimum Gasteiger partial charge on any atom is -0.476 e. The highest BCUT2D eigenvalue weighted by atomic mass is 32.2. The lowest BCUT2D eigenvalue weighted by Crippen LogP contribution is -2.52. The first-order valence-corrected chi connectivity index (χ1v) is 13.9. The fraction of sp³-hybridized carbons (Fsp3) is 0.476. The van der Waals surface area contributed by atoms with Gasteiger partial charge < -0.3 is 10.5 Å². The monoisotopic (exact) mass is 498 g/mol. The number of hydrogen-bond donors (Lipinski definition) is 1. The smallest absolute Gasteiger partial charge is 0.282 e. The van der Waals surface area contributed by atoms with E-state index in [1.54, 1.807) is 36.5 Å². The minimum atomic E-state index is -3.97. The zero-order valence-electron chi connectivity index (χ0n) is 18.0. The molecule has 0 spiro atoms. The van der Waals surface area contributed by atoms with Gasteiger partial charge in [0, 0.05) is 44.4 Å². The Hall–Kier alpha value is -2.12. The van der Waals surface area contributed by atoms with Gasteiger partial charge in [-0.2, -0.15) is 17.0 Å². The van der Waals surface area contributed by atoms with Gasteiger partial charge in [-0.05, 0) is 29.7 Å². The quantitative estimate of drug-likeness (QED) is 0.601. The highest BCUT2D eigenvalue weighted by molar-refractivity contribution is 7.91. The summed E-state index contributed by atoms with van der Waals surface area (Å²) in [5.74, 6) is -0.843. The van der Waals surface area contributed by atoms with E-state index in [9.17, 15) is 21.2 Å². The molecule has 0 aliphatic carbocycles. The fourth-order valence-corrected chi connectivity index (χ4v) is 7.53. The van der Waals surface area contributed by atoms with Crippen molar-refractivity contribution in [3.8, 4) is 5.88 Å². The first kappa shape index (κ1) is 24.0. The maximum Gasteiger partial charge on any atom is 0.282 e. The van der Waals surface area contributed by atoms with Crippen molar-refractivity contribution in [1.29, 1.82) is 0 Å². The molecule has 2 saturated heterocycles. The molecule has 0 saturated carbocycles. The van der Waals surface area contributed by atoms with Crippen LogP contribution in [0.2, 0.25) is 0 Å². The van der Waals surface area contributed by atoms with Crippen LogP contribution in [0, 0.1) is 5.82 Å². The lowest BCUT2D eigenvalue weighted by molar-refractivity contribution is 0.218. The van der Waals surface area contributed by atoms with Crippen molar-refractivity contribution >= 4 is 20.0 Å². The largest absolute Gasteiger partial charge is 0.476 e. The molecular weight excluding hydrogens is 471 g/mol. The summed E-state index contributed by atoms with van der Waals surface area (Å²) in [7, 11) is -7.22. The second kappa shape index (κ2) is 9.63. The van der Waals surface area contributed by atoms with Gasteiger partial charge in [0.15, 0.2) is 9.84 Å². The van der Waals surface area contributed by atoms with Crippen molar-refractivity contribution in [2.45, 2.75) is 24.9 Å². The molecule has 2 N–H and O–H groups in total. The summed E-state index contributed by atoms with van der Waals surface area (Å²) < 4.78 is 73.3. The Labute approximate surface area is 193 Å². The van der Waals surface area contributed by atoms with Crippen LogP contribution in [0.4, 0.5) is 4.39 Å². The Balaban J connectivity index is 1.57. The summed E-state index contributed by atoms with van der Waals surface area (Å²) in [4.78, 5) is 4.15. The number of aromatic nitrogens is 1. The van der Waals surface area contributed by atoms with Crippen LogP contribution in [0.1, 0.15) is 23.5 Å². The normalized spacial score (nSPS) is 24.1. The van der Waals surface area contributed by atoms with Gasteiger partial charge in [-0.25, -0.2) is 17.8 Å². The molecule has 2 fully saturated rings. The molecule has 2 atom stereocenters. The number of hydrogen-bond acceptors (Lipinski definition) is 7. The Morgan fingerprint density at radius 2 is 1.91 bits per heavy atom. The van der Waals surface area contributed by atoms with Gasteiger partial charge in [0.2, 0.25) is 5.88 Å². The molecule has 9 nitrogen and oxygen atoms in total. The molecule has 33 heavy (non-hydrogen) atoms. The molecule has 2 aliphatic heterocycles. The van der Waals surface area contributed by atoms with Crippen molar-refractivity contribution in [1.82, 2.24) is 13.6 Å². The SMILES string of the molecule is NCc1ccnc(OC[C@H]2C[C@@H](c3ccccc3F)CN2S(=O)(=O)N2CCS(=O)(=O)CC2)c1. The van der Waals surface area contributed by atoms with Crippen LogP contribution in [0.3, 0.4) is 0 Å². The number of ether oxygens (including phenoxy) is 1. The summed E-state index contributed by atoms with van der Waals surface area (Å²) >= 11 is 0. The van der Waals surface area contributed by atoms with Crippen molar-refractivity contribution in [3.05, 3.63) is 59.5 Å². The fourth-order valence-electron chi connectivity index (χ4n) is 4.26. The van der Waals surface area contributed by atoms with E-state index in [0.29, 0.717) is 24.4 Å². The van der Waals surface area contributed by atoms with Gasteiger partial charge in [0.1, 0.15) is 12.4 Å². The number of nitrogens with zero attached hydrogens (tertiary/aromatic N) is 3. The van der Waals surface area contributed by atoms with Crippen LogP contribution < -0.4 is 10.5 Å². The van der Waals surface area contributed by atoms with E-state index in [1.165, 1.54) is 14.7 Å². The van der Waals surface area contributed by atoms with Crippen LogP contribution in [0.5, 0.6) is 5.88 Å². The molecule has 12 heteroatoms. The average molecular weight is 499 g/mol. The molecule has 1 aromatic heterocycles. The zero-order valence-corrected chi connectivity index (χ0v) is 19.6. The van der Waals surface area contributed by atoms with Gasteiger partial charge in [0.05, 0.1) is 17.5 Å². The van der Waals surface area contributed by atoms with Gasteiger partial charge in [0.25, 0.3) is 10.2 Å². The molecule has 1 aromatic carbocycles. The molecule has 180 valence electrons. The highest BCUT2D eigenvalue weighted by Crippen LogP contribution is 2.36.